The number of fused-ring (bicyclic) bond motifs is 3. The molecule has 0 unspecified atom stereocenters. The smallest absolute Gasteiger partial charge is 0.0546 e. The second-order valence-corrected chi connectivity index (χ2v) is 7.73. The molecule has 0 atom stereocenters. The first-order valence-corrected chi connectivity index (χ1v) is 10.1. The van der Waals surface area contributed by atoms with E-state index in [2.05, 4.69) is 130 Å². The van der Waals surface area contributed by atoms with E-state index in [4.69, 9.17) is 0 Å². The van der Waals surface area contributed by atoms with Gasteiger partial charge >= 0.3 is 0 Å². The van der Waals surface area contributed by atoms with Crippen LogP contribution in [0.1, 0.15) is 0 Å². The molecule has 0 aliphatic heterocycles. The van der Waals surface area contributed by atoms with Crippen molar-refractivity contribution in [2.75, 3.05) is 4.90 Å². The van der Waals surface area contributed by atoms with Crippen molar-refractivity contribution in [3.63, 3.8) is 0 Å². The fraction of sp³-hybridized carbons (Fsp3) is 0. The molecule has 5 aromatic carbocycles. The molecule has 1 nitrogen and oxygen atoms in total. The number of para-hydroxylation sites is 1. The SMILES string of the molecule is Brc1cccc(N(c2ccccc2)c2cc3ccccc3c3ccccc23)c1. The van der Waals surface area contributed by atoms with Gasteiger partial charge in [0.1, 0.15) is 0 Å². The molecule has 0 aliphatic carbocycles. The molecule has 0 saturated carbocycles. The molecule has 2 heteroatoms. The molecule has 0 saturated heterocycles. The first kappa shape index (κ1) is 17.0. The van der Waals surface area contributed by atoms with Crippen molar-refractivity contribution in [2.45, 2.75) is 0 Å². The minimum Gasteiger partial charge on any atom is -0.310 e. The zero-order valence-electron chi connectivity index (χ0n) is 15.2. The van der Waals surface area contributed by atoms with Gasteiger partial charge in [-0.3, -0.25) is 0 Å². The van der Waals surface area contributed by atoms with Crippen LogP contribution in [-0.4, -0.2) is 0 Å². The van der Waals surface area contributed by atoms with Crippen LogP contribution in [0.2, 0.25) is 0 Å². The highest BCUT2D eigenvalue weighted by Crippen LogP contribution is 2.42. The van der Waals surface area contributed by atoms with Crippen molar-refractivity contribution < 1.29 is 0 Å². The summed E-state index contributed by atoms with van der Waals surface area (Å²) >= 11 is 3.64. The molecule has 0 aliphatic rings. The lowest BCUT2D eigenvalue weighted by Gasteiger charge is -2.27. The van der Waals surface area contributed by atoms with Crippen LogP contribution in [0.5, 0.6) is 0 Å². The summed E-state index contributed by atoms with van der Waals surface area (Å²) in [6, 6.07) is 38.6. The third-order valence-corrected chi connectivity index (χ3v) is 5.56. The maximum Gasteiger partial charge on any atom is 0.0546 e. The molecule has 0 spiro atoms. The van der Waals surface area contributed by atoms with Crippen LogP contribution in [-0.2, 0) is 0 Å². The van der Waals surface area contributed by atoms with Gasteiger partial charge in [0.2, 0.25) is 0 Å². The van der Waals surface area contributed by atoms with Gasteiger partial charge in [-0.1, -0.05) is 88.7 Å². The Morgan fingerprint density at radius 2 is 1.14 bits per heavy atom. The fourth-order valence-electron chi connectivity index (χ4n) is 3.84. The van der Waals surface area contributed by atoms with Crippen LogP contribution < -0.4 is 4.90 Å². The molecule has 134 valence electrons. The quantitative estimate of drug-likeness (QED) is 0.264. The summed E-state index contributed by atoms with van der Waals surface area (Å²) < 4.78 is 1.07. The second-order valence-electron chi connectivity index (χ2n) is 6.81. The van der Waals surface area contributed by atoms with Crippen LogP contribution in [0.15, 0.2) is 114 Å². The van der Waals surface area contributed by atoms with Crippen molar-refractivity contribution in [1.82, 2.24) is 0 Å². The van der Waals surface area contributed by atoms with E-state index in [0.29, 0.717) is 0 Å². The van der Waals surface area contributed by atoms with Crippen molar-refractivity contribution in [3.05, 3.63) is 114 Å². The first-order chi connectivity index (χ1) is 13.8. The van der Waals surface area contributed by atoms with Gasteiger partial charge < -0.3 is 4.90 Å². The maximum atomic E-state index is 3.64. The number of anilines is 3. The second kappa shape index (κ2) is 7.14. The van der Waals surface area contributed by atoms with Gasteiger partial charge in [0.15, 0.2) is 0 Å². The molecule has 5 rings (SSSR count). The Labute approximate surface area is 173 Å². The van der Waals surface area contributed by atoms with Crippen LogP contribution in [0.25, 0.3) is 21.5 Å². The Balaban J connectivity index is 1.87. The third kappa shape index (κ3) is 2.96. The summed E-state index contributed by atoms with van der Waals surface area (Å²) in [5.41, 5.74) is 3.45. The van der Waals surface area contributed by atoms with Crippen molar-refractivity contribution >= 4 is 54.5 Å². The molecule has 5 aromatic rings. The molecule has 28 heavy (non-hydrogen) atoms. The highest BCUT2D eigenvalue weighted by atomic mass is 79.9. The van der Waals surface area contributed by atoms with E-state index in [9.17, 15) is 0 Å². The summed E-state index contributed by atoms with van der Waals surface area (Å²) in [5.74, 6) is 0. The van der Waals surface area contributed by atoms with E-state index in [1.165, 1.54) is 27.2 Å². The summed E-state index contributed by atoms with van der Waals surface area (Å²) in [4.78, 5) is 2.33. The van der Waals surface area contributed by atoms with E-state index >= 15 is 0 Å². The average molecular weight is 424 g/mol. The molecule has 0 N–H and O–H groups in total. The lowest BCUT2D eigenvalue weighted by Crippen LogP contribution is -2.10. The van der Waals surface area contributed by atoms with E-state index in [1.54, 1.807) is 0 Å². The Hall–Kier alpha value is -3.10. The Morgan fingerprint density at radius 3 is 1.93 bits per heavy atom. The number of nitrogens with zero attached hydrogens (tertiary/aromatic N) is 1. The number of hydrogen-bond donors (Lipinski definition) is 0. The summed E-state index contributed by atoms with van der Waals surface area (Å²) in [5, 5.41) is 5.03. The largest absolute Gasteiger partial charge is 0.310 e. The average Bonchev–Trinajstić information content (AvgIpc) is 2.75. The zero-order valence-corrected chi connectivity index (χ0v) is 16.8. The topological polar surface area (TPSA) is 3.24 Å². The van der Waals surface area contributed by atoms with Gasteiger partial charge in [-0.2, -0.15) is 0 Å². The summed E-state index contributed by atoms with van der Waals surface area (Å²) in [6.45, 7) is 0. The van der Waals surface area contributed by atoms with Crippen molar-refractivity contribution in [3.8, 4) is 0 Å². The standard InChI is InChI=1S/C26H18BrN/c27-20-10-8-13-22(18-20)28(21-11-2-1-3-12-21)26-17-19-9-4-5-14-23(19)24-15-6-7-16-25(24)26/h1-18H. The van der Waals surface area contributed by atoms with Crippen molar-refractivity contribution in [1.29, 1.82) is 0 Å². The van der Waals surface area contributed by atoms with Gasteiger partial charge in [-0.15, -0.1) is 0 Å². The lowest BCUT2D eigenvalue weighted by molar-refractivity contribution is 1.30. The Kier molecular flexibility index (Phi) is 4.34. The molecular formula is C26H18BrN. The molecule has 0 fully saturated rings. The van der Waals surface area contributed by atoms with Crippen LogP contribution in [0, 0.1) is 0 Å². The molecule has 0 aromatic heterocycles. The van der Waals surface area contributed by atoms with E-state index in [1.807, 2.05) is 0 Å². The van der Waals surface area contributed by atoms with E-state index < -0.39 is 0 Å². The molecule has 0 radical (unpaired) electrons. The number of benzene rings is 5. The van der Waals surface area contributed by atoms with E-state index in [0.717, 1.165) is 15.8 Å². The monoisotopic (exact) mass is 423 g/mol. The minimum absolute atomic E-state index is 1.07. The fourth-order valence-corrected chi connectivity index (χ4v) is 4.23. The summed E-state index contributed by atoms with van der Waals surface area (Å²) in [6.07, 6.45) is 0. The van der Waals surface area contributed by atoms with Crippen LogP contribution >= 0.6 is 15.9 Å². The molecule has 0 heterocycles. The van der Waals surface area contributed by atoms with Gasteiger partial charge in [0, 0.05) is 21.2 Å². The Bertz CT molecular complexity index is 1280. The number of hydrogen-bond acceptors (Lipinski definition) is 1. The maximum absolute atomic E-state index is 3.64. The Morgan fingerprint density at radius 1 is 0.500 bits per heavy atom. The number of halogens is 1. The first-order valence-electron chi connectivity index (χ1n) is 9.32. The van der Waals surface area contributed by atoms with Gasteiger partial charge in [0.25, 0.3) is 0 Å². The molecule has 0 bridgehead atoms. The minimum atomic E-state index is 1.07. The predicted octanol–water partition coefficient (Wildman–Crippen LogP) is 8.23. The normalized spacial score (nSPS) is 11.0. The van der Waals surface area contributed by atoms with Crippen molar-refractivity contribution in [2.24, 2.45) is 0 Å². The molecule has 0 amide bonds. The van der Waals surface area contributed by atoms with Crippen LogP contribution in [0.4, 0.5) is 17.1 Å². The number of rotatable bonds is 3. The summed E-state index contributed by atoms with van der Waals surface area (Å²) in [7, 11) is 0. The highest BCUT2D eigenvalue weighted by molar-refractivity contribution is 9.10. The van der Waals surface area contributed by atoms with Gasteiger partial charge in [-0.05, 0) is 52.6 Å². The predicted molar refractivity (Wildman–Crippen MR) is 124 cm³/mol. The molecular weight excluding hydrogens is 406 g/mol. The zero-order chi connectivity index (χ0) is 18.9. The van der Waals surface area contributed by atoms with Gasteiger partial charge in [0.05, 0.1) is 5.69 Å². The van der Waals surface area contributed by atoms with Gasteiger partial charge in [-0.25, -0.2) is 0 Å². The van der Waals surface area contributed by atoms with E-state index in [-0.39, 0.29) is 0 Å². The highest BCUT2D eigenvalue weighted by Gasteiger charge is 2.16. The van der Waals surface area contributed by atoms with Crippen LogP contribution in [0.3, 0.4) is 0 Å². The lowest BCUT2D eigenvalue weighted by atomic mass is 9.99. The third-order valence-electron chi connectivity index (χ3n) is 5.07.